The summed E-state index contributed by atoms with van der Waals surface area (Å²) in [6.45, 7) is 5.72. The van der Waals surface area contributed by atoms with Crippen LogP contribution in [0.4, 0.5) is 0 Å². The number of rotatable bonds is 3. The van der Waals surface area contributed by atoms with E-state index in [0.29, 0.717) is 0 Å². The molecule has 1 aliphatic rings. The van der Waals surface area contributed by atoms with Gasteiger partial charge in [0.15, 0.2) is 0 Å². The quantitative estimate of drug-likeness (QED) is 0.468. The van der Waals surface area contributed by atoms with Crippen LogP contribution >= 0.6 is 11.6 Å². The molecule has 0 saturated heterocycles. The molecular weight excluding hydrogens is 158 g/mol. The van der Waals surface area contributed by atoms with Gasteiger partial charge in [0.2, 0.25) is 0 Å². The van der Waals surface area contributed by atoms with Crippen molar-refractivity contribution in [3.05, 3.63) is 11.6 Å². The van der Waals surface area contributed by atoms with Gasteiger partial charge in [-0.05, 0) is 26.3 Å². The zero-order valence-corrected chi connectivity index (χ0v) is 7.90. The van der Waals surface area contributed by atoms with E-state index in [-0.39, 0.29) is 0 Å². The van der Waals surface area contributed by atoms with Crippen LogP contribution in [0.3, 0.4) is 0 Å². The lowest BCUT2D eigenvalue weighted by Gasteiger charge is -2.24. The SMILES string of the molecule is CC1=CCN(CCCCl)CC1. The molecule has 11 heavy (non-hydrogen) atoms. The van der Waals surface area contributed by atoms with Crippen LogP contribution in [0.1, 0.15) is 19.8 Å². The fourth-order valence-electron chi connectivity index (χ4n) is 1.30. The molecule has 0 aliphatic carbocycles. The fraction of sp³-hybridized carbons (Fsp3) is 0.778. The minimum atomic E-state index is 0.791. The Morgan fingerprint density at radius 1 is 1.64 bits per heavy atom. The Hall–Kier alpha value is -0.0100. The van der Waals surface area contributed by atoms with Crippen LogP contribution in [0, 0.1) is 0 Å². The van der Waals surface area contributed by atoms with Crippen LogP contribution in [-0.2, 0) is 0 Å². The Morgan fingerprint density at radius 3 is 3.00 bits per heavy atom. The third-order valence-electron chi connectivity index (χ3n) is 2.13. The number of nitrogens with zero attached hydrogens (tertiary/aromatic N) is 1. The molecule has 1 rings (SSSR count). The van der Waals surface area contributed by atoms with Gasteiger partial charge in [-0.1, -0.05) is 11.6 Å². The Balaban J connectivity index is 2.18. The standard InChI is InChI=1S/C9H16ClN/c1-9-3-7-11(8-4-9)6-2-5-10/h3H,2,4-8H2,1H3. The highest BCUT2D eigenvalue weighted by molar-refractivity contribution is 6.17. The van der Waals surface area contributed by atoms with Gasteiger partial charge in [0.1, 0.15) is 0 Å². The lowest BCUT2D eigenvalue weighted by atomic mass is 10.1. The molecule has 1 aliphatic heterocycles. The van der Waals surface area contributed by atoms with Gasteiger partial charge in [0.05, 0.1) is 0 Å². The average molecular weight is 174 g/mol. The highest BCUT2D eigenvalue weighted by Crippen LogP contribution is 2.09. The van der Waals surface area contributed by atoms with Gasteiger partial charge in [-0.25, -0.2) is 0 Å². The van der Waals surface area contributed by atoms with E-state index < -0.39 is 0 Å². The molecule has 0 aromatic heterocycles. The smallest absolute Gasteiger partial charge is 0.0235 e. The zero-order chi connectivity index (χ0) is 8.10. The molecule has 0 aromatic rings. The predicted octanol–water partition coefficient (Wildman–Crippen LogP) is 2.27. The molecule has 1 heterocycles. The second-order valence-corrected chi connectivity index (χ2v) is 3.52. The molecule has 0 fully saturated rings. The minimum Gasteiger partial charge on any atom is -0.299 e. The fourth-order valence-corrected chi connectivity index (χ4v) is 1.42. The second kappa shape index (κ2) is 4.78. The maximum absolute atomic E-state index is 5.61. The van der Waals surface area contributed by atoms with Gasteiger partial charge >= 0.3 is 0 Å². The summed E-state index contributed by atoms with van der Waals surface area (Å²) in [6.07, 6.45) is 4.68. The lowest BCUT2D eigenvalue weighted by Crippen LogP contribution is -2.29. The predicted molar refractivity (Wildman–Crippen MR) is 50.2 cm³/mol. The summed E-state index contributed by atoms with van der Waals surface area (Å²) in [4.78, 5) is 2.45. The van der Waals surface area contributed by atoms with Crippen molar-refractivity contribution in [1.29, 1.82) is 0 Å². The van der Waals surface area contributed by atoms with Crippen molar-refractivity contribution in [2.75, 3.05) is 25.5 Å². The van der Waals surface area contributed by atoms with Crippen LogP contribution in [0.5, 0.6) is 0 Å². The summed E-state index contributed by atoms with van der Waals surface area (Å²) in [5, 5.41) is 0. The molecule has 0 atom stereocenters. The van der Waals surface area contributed by atoms with Gasteiger partial charge in [-0.2, -0.15) is 0 Å². The van der Waals surface area contributed by atoms with Crippen molar-refractivity contribution in [3.8, 4) is 0 Å². The Labute approximate surface area is 74.0 Å². The number of hydrogen-bond donors (Lipinski definition) is 0. The first-order valence-corrected chi connectivity index (χ1v) is 4.80. The number of halogens is 1. The van der Waals surface area contributed by atoms with Gasteiger partial charge in [0, 0.05) is 19.0 Å². The maximum atomic E-state index is 5.61. The first-order valence-electron chi connectivity index (χ1n) is 4.27. The number of alkyl halides is 1. The van der Waals surface area contributed by atoms with E-state index in [4.69, 9.17) is 11.6 Å². The van der Waals surface area contributed by atoms with Gasteiger partial charge in [-0.3, -0.25) is 4.90 Å². The molecule has 0 N–H and O–H groups in total. The zero-order valence-electron chi connectivity index (χ0n) is 7.15. The molecule has 0 amide bonds. The van der Waals surface area contributed by atoms with E-state index in [1.807, 2.05) is 0 Å². The molecule has 0 radical (unpaired) electrons. The molecule has 0 spiro atoms. The first-order chi connectivity index (χ1) is 5.33. The summed E-state index contributed by atoms with van der Waals surface area (Å²) in [5.41, 5.74) is 1.53. The van der Waals surface area contributed by atoms with Gasteiger partial charge in [0.25, 0.3) is 0 Å². The summed E-state index contributed by atoms with van der Waals surface area (Å²) >= 11 is 5.61. The normalized spacial score (nSPS) is 20.0. The summed E-state index contributed by atoms with van der Waals surface area (Å²) in [6, 6.07) is 0. The second-order valence-electron chi connectivity index (χ2n) is 3.14. The van der Waals surface area contributed by atoms with Crippen LogP contribution in [0.2, 0.25) is 0 Å². The molecule has 0 aromatic carbocycles. The molecule has 1 nitrogen and oxygen atoms in total. The Morgan fingerprint density at radius 2 is 2.45 bits per heavy atom. The highest BCUT2D eigenvalue weighted by Gasteiger charge is 2.07. The van der Waals surface area contributed by atoms with Crippen LogP contribution in [0.25, 0.3) is 0 Å². The molecule has 0 unspecified atom stereocenters. The summed E-state index contributed by atoms with van der Waals surface area (Å²) < 4.78 is 0. The third-order valence-corrected chi connectivity index (χ3v) is 2.40. The van der Waals surface area contributed by atoms with E-state index in [2.05, 4.69) is 17.9 Å². The third kappa shape index (κ3) is 3.26. The van der Waals surface area contributed by atoms with Crippen molar-refractivity contribution in [2.45, 2.75) is 19.8 Å². The highest BCUT2D eigenvalue weighted by atomic mass is 35.5. The van der Waals surface area contributed by atoms with E-state index in [1.165, 1.54) is 18.5 Å². The van der Waals surface area contributed by atoms with E-state index in [0.717, 1.165) is 25.4 Å². The lowest BCUT2D eigenvalue weighted by molar-refractivity contribution is 0.295. The van der Waals surface area contributed by atoms with Crippen molar-refractivity contribution >= 4 is 11.6 Å². The maximum Gasteiger partial charge on any atom is 0.0235 e. The molecule has 64 valence electrons. The van der Waals surface area contributed by atoms with Gasteiger partial charge < -0.3 is 0 Å². The molecule has 0 saturated carbocycles. The van der Waals surface area contributed by atoms with Crippen molar-refractivity contribution in [1.82, 2.24) is 4.90 Å². The average Bonchev–Trinajstić information content (AvgIpc) is 2.04. The van der Waals surface area contributed by atoms with Crippen molar-refractivity contribution in [3.63, 3.8) is 0 Å². The van der Waals surface area contributed by atoms with E-state index >= 15 is 0 Å². The van der Waals surface area contributed by atoms with E-state index in [9.17, 15) is 0 Å². The minimum absolute atomic E-state index is 0.791. The largest absolute Gasteiger partial charge is 0.299 e. The van der Waals surface area contributed by atoms with Gasteiger partial charge in [-0.15, -0.1) is 11.6 Å². The Bertz CT molecular complexity index is 142. The first kappa shape index (κ1) is 9.08. The summed E-state index contributed by atoms with van der Waals surface area (Å²) in [5.74, 6) is 0.791. The van der Waals surface area contributed by atoms with Crippen LogP contribution < -0.4 is 0 Å². The monoisotopic (exact) mass is 173 g/mol. The number of hydrogen-bond acceptors (Lipinski definition) is 1. The van der Waals surface area contributed by atoms with Crippen LogP contribution in [0.15, 0.2) is 11.6 Å². The Kier molecular flexibility index (Phi) is 3.95. The topological polar surface area (TPSA) is 3.24 Å². The molecule has 2 heteroatoms. The van der Waals surface area contributed by atoms with E-state index in [1.54, 1.807) is 0 Å². The molecule has 0 bridgehead atoms. The summed E-state index contributed by atoms with van der Waals surface area (Å²) in [7, 11) is 0. The van der Waals surface area contributed by atoms with Crippen molar-refractivity contribution in [2.24, 2.45) is 0 Å². The van der Waals surface area contributed by atoms with Crippen LogP contribution in [-0.4, -0.2) is 30.4 Å². The van der Waals surface area contributed by atoms with Crippen molar-refractivity contribution < 1.29 is 0 Å². The molecular formula is C9H16ClN.